The summed E-state index contributed by atoms with van der Waals surface area (Å²) >= 11 is 6.19. The Balaban J connectivity index is 2.21. The fourth-order valence-corrected chi connectivity index (χ4v) is 2.94. The highest BCUT2D eigenvalue weighted by Crippen LogP contribution is 2.23. The van der Waals surface area contributed by atoms with Crippen molar-refractivity contribution >= 4 is 40.2 Å². The molecule has 1 aliphatic heterocycles. The smallest absolute Gasteiger partial charge is 0.239 e. The van der Waals surface area contributed by atoms with Crippen molar-refractivity contribution < 1.29 is 14.7 Å². The van der Waals surface area contributed by atoms with Crippen LogP contribution in [0.25, 0.3) is 0 Å². The summed E-state index contributed by atoms with van der Waals surface area (Å²) in [7, 11) is 0. The molecule has 1 atom stereocenters. The van der Waals surface area contributed by atoms with Crippen LogP contribution in [0.1, 0.15) is 5.56 Å². The Bertz CT molecular complexity index is 473. The molecular weight excluding hydrogens is 270 g/mol. The van der Waals surface area contributed by atoms with Gasteiger partial charge in [-0.05, 0) is 12.0 Å². The zero-order valence-corrected chi connectivity index (χ0v) is 11.0. The summed E-state index contributed by atoms with van der Waals surface area (Å²) in [5, 5.41) is 11.2. The Hall–Kier alpha value is -1.40. The summed E-state index contributed by atoms with van der Waals surface area (Å²) in [6.45, 7) is 0. The SMILES string of the molecule is O=C([O-])[C@@H](Cc1ccccc1)N1C(=O)CSC1=S. The number of carboxylic acids is 1. The molecule has 1 saturated heterocycles. The molecule has 1 aromatic rings. The van der Waals surface area contributed by atoms with Crippen LogP contribution in [0.15, 0.2) is 30.3 Å². The molecule has 6 heteroatoms. The van der Waals surface area contributed by atoms with Crippen LogP contribution in [0.2, 0.25) is 0 Å². The highest BCUT2D eigenvalue weighted by Gasteiger charge is 2.33. The van der Waals surface area contributed by atoms with Crippen LogP contribution >= 0.6 is 24.0 Å². The average Bonchev–Trinajstić information content (AvgIpc) is 2.67. The maximum atomic E-state index is 11.6. The van der Waals surface area contributed by atoms with Crippen molar-refractivity contribution in [3.8, 4) is 0 Å². The fraction of sp³-hybridized carbons (Fsp3) is 0.250. The van der Waals surface area contributed by atoms with E-state index in [0.717, 1.165) is 10.5 Å². The first-order chi connectivity index (χ1) is 8.59. The lowest BCUT2D eigenvalue weighted by Crippen LogP contribution is -2.51. The lowest BCUT2D eigenvalue weighted by molar-refractivity contribution is -0.310. The lowest BCUT2D eigenvalue weighted by atomic mass is 10.1. The van der Waals surface area contributed by atoms with Crippen LogP contribution in [-0.4, -0.2) is 32.9 Å². The van der Waals surface area contributed by atoms with Crippen molar-refractivity contribution in [2.45, 2.75) is 12.5 Å². The van der Waals surface area contributed by atoms with E-state index < -0.39 is 12.0 Å². The van der Waals surface area contributed by atoms with Gasteiger partial charge in [-0.25, -0.2) is 0 Å². The van der Waals surface area contributed by atoms with Gasteiger partial charge in [0.15, 0.2) is 0 Å². The highest BCUT2D eigenvalue weighted by molar-refractivity contribution is 8.23. The van der Waals surface area contributed by atoms with Crippen molar-refractivity contribution in [3.63, 3.8) is 0 Å². The van der Waals surface area contributed by atoms with Crippen LogP contribution < -0.4 is 5.11 Å². The quantitative estimate of drug-likeness (QED) is 0.738. The van der Waals surface area contributed by atoms with Gasteiger partial charge in [-0.1, -0.05) is 54.3 Å². The number of carboxylic acid groups (broad SMARTS) is 1. The molecule has 0 N–H and O–H groups in total. The molecule has 0 saturated carbocycles. The Labute approximate surface area is 114 Å². The highest BCUT2D eigenvalue weighted by atomic mass is 32.2. The number of carbonyl (C=O) groups is 2. The topological polar surface area (TPSA) is 60.4 Å². The van der Waals surface area contributed by atoms with Crippen molar-refractivity contribution in [2.24, 2.45) is 0 Å². The minimum Gasteiger partial charge on any atom is -0.548 e. The summed E-state index contributed by atoms with van der Waals surface area (Å²) < 4.78 is 0.310. The van der Waals surface area contributed by atoms with Gasteiger partial charge in [0.05, 0.1) is 17.8 Å². The van der Waals surface area contributed by atoms with Crippen molar-refractivity contribution in [1.29, 1.82) is 0 Å². The monoisotopic (exact) mass is 280 g/mol. The average molecular weight is 280 g/mol. The second-order valence-electron chi connectivity index (χ2n) is 3.84. The molecule has 1 heterocycles. The van der Waals surface area contributed by atoms with E-state index in [9.17, 15) is 14.7 Å². The Morgan fingerprint density at radius 1 is 1.44 bits per heavy atom. The van der Waals surface area contributed by atoms with Crippen molar-refractivity contribution in [3.05, 3.63) is 35.9 Å². The van der Waals surface area contributed by atoms with E-state index in [1.54, 1.807) is 0 Å². The third-order valence-electron chi connectivity index (χ3n) is 2.64. The molecule has 1 aromatic carbocycles. The number of thiocarbonyl (C=S) groups is 1. The lowest BCUT2D eigenvalue weighted by Gasteiger charge is -2.27. The molecule has 1 fully saturated rings. The second-order valence-corrected chi connectivity index (χ2v) is 5.45. The van der Waals surface area contributed by atoms with Gasteiger partial charge in [-0.15, -0.1) is 0 Å². The van der Waals surface area contributed by atoms with E-state index >= 15 is 0 Å². The number of hydrogen-bond donors (Lipinski definition) is 0. The molecule has 0 radical (unpaired) electrons. The Kier molecular flexibility index (Phi) is 3.98. The summed E-state index contributed by atoms with van der Waals surface area (Å²) in [6.07, 6.45) is 0.204. The van der Waals surface area contributed by atoms with Crippen molar-refractivity contribution in [1.82, 2.24) is 4.90 Å². The van der Waals surface area contributed by atoms with Crippen LogP contribution in [0, 0.1) is 0 Å². The molecule has 0 spiro atoms. The first-order valence-corrected chi connectivity index (χ1v) is 6.72. The fourth-order valence-electron chi connectivity index (χ4n) is 1.78. The zero-order valence-electron chi connectivity index (χ0n) is 9.37. The first kappa shape index (κ1) is 13.0. The van der Waals surface area contributed by atoms with Gasteiger partial charge >= 0.3 is 0 Å². The summed E-state index contributed by atoms with van der Waals surface area (Å²) in [5.74, 6) is -1.34. The van der Waals surface area contributed by atoms with Gasteiger partial charge in [-0.3, -0.25) is 9.69 Å². The van der Waals surface area contributed by atoms with E-state index in [1.807, 2.05) is 30.3 Å². The maximum Gasteiger partial charge on any atom is 0.239 e. The summed E-state index contributed by atoms with van der Waals surface area (Å²) in [5.41, 5.74) is 0.833. The van der Waals surface area contributed by atoms with Gasteiger partial charge < -0.3 is 9.90 Å². The molecule has 1 amide bonds. The molecule has 94 valence electrons. The third-order valence-corrected chi connectivity index (χ3v) is 4.03. The molecule has 1 aliphatic rings. The van der Waals surface area contributed by atoms with Gasteiger partial charge in [0.2, 0.25) is 5.91 Å². The van der Waals surface area contributed by atoms with Gasteiger partial charge in [0.1, 0.15) is 4.32 Å². The predicted octanol–water partition coefficient (Wildman–Crippen LogP) is 0.208. The number of amides is 1. The van der Waals surface area contributed by atoms with Crippen LogP contribution in [0.4, 0.5) is 0 Å². The molecule has 0 unspecified atom stereocenters. The van der Waals surface area contributed by atoms with Crippen LogP contribution in [0.5, 0.6) is 0 Å². The molecule has 18 heavy (non-hydrogen) atoms. The zero-order chi connectivity index (χ0) is 13.1. The summed E-state index contributed by atoms with van der Waals surface area (Å²) in [4.78, 5) is 24.0. The first-order valence-electron chi connectivity index (χ1n) is 5.33. The number of benzene rings is 1. The van der Waals surface area contributed by atoms with Gasteiger partial charge in [0.25, 0.3) is 0 Å². The predicted molar refractivity (Wildman–Crippen MR) is 70.8 cm³/mol. The van der Waals surface area contributed by atoms with Crippen LogP contribution in [-0.2, 0) is 16.0 Å². The Morgan fingerprint density at radius 3 is 2.61 bits per heavy atom. The molecule has 0 aromatic heterocycles. The molecule has 0 aliphatic carbocycles. The summed E-state index contributed by atoms with van der Waals surface area (Å²) in [6, 6.07) is 8.09. The van der Waals surface area contributed by atoms with E-state index in [2.05, 4.69) is 0 Å². The van der Waals surface area contributed by atoms with Crippen molar-refractivity contribution in [2.75, 3.05) is 5.75 Å². The number of aliphatic carboxylic acids is 1. The minimum atomic E-state index is -1.28. The Morgan fingerprint density at radius 2 is 2.11 bits per heavy atom. The number of rotatable bonds is 4. The third kappa shape index (κ3) is 2.70. The molecular formula is C12H10NO3S2-. The molecule has 0 bridgehead atoms. The number of nitrogens with zero attached hydrogens (tertiary/aromatic N) is 1. The van der Waals surface area contributed by atoms with Gasteiger partial charge in [0, 0.05) is 0 Å². The standard InChI is InChI=1S/C12H11NO3S2/c14-10-7-18-12(17)13(10)9(11(15)16)6-8-4-2-1-3-5-8/h1-5,9H,6-7H2,(H,15,16)/p-1/t9-/m1/s1. The van der Waals surface area contributed by atoms with Crippen LogP contribution in [0.3, 0.4) is 0 Å². The minimum absolute atomic E-state index is 0.204. The van der Waals surface area contributed by atoms with E-state index in [-0.39, 0.29) is 18.1 Å². The van der Waals surface area contributed by atoms with E-state index in [4.69, 9.17) is 12.2 Å². The van der Waals surface area contributed by atoms with E-state index in [1.165, 1.54) is 11.8 Å². The van der Waals surface area contributed by atoms with Gasteiger partial charge in [-0.2, -0.15) is 0 Å². The molecule has 4 nitrogen and oxygen atoms in total. The number of carbonyl (C=O) groups excluding carboxylic acids is 2. The normalized spacial score (nSPS) is 17.0. The maximum absolute atomic E-state index is 11.6. The largest absolute Gasteiger partial charge is 0.548 e. The molecule has 2 rings (SSSR count). The number of hydrogen-bond acceptors (Lipinski definition) is 5. The number of thioether (sulfide) groups is 1. The van der Waals surface area contributed by atoms with E-state index in [0.29, 0.717) is 4.32 Å². The second kappa shape index (κ2) is 5.49.